The van der Waals surface area contributed by atoms with Crippen LogP contribution in [-0.4, -0.2) is 45.3 Å². The first-order chi connectivity index (χ1) is 10.3. The lowest BCUT2D eigenvalue weighted by molar-refractivity contribution is -0.118. The maximum absolute atomic E-state index is 12.3. The van der Waals surface area contributed by atoms with Crippen molar-refractivity contribution < 1.29 is 13.2 Å². The molecular formula is C15H23N3O3S. The van der Waals surface area contributed by atoms with Gasteiger partial charge in [0.05, 0.1) is 10.9 Å². The summed E-state index contributed by atoms with van der Waals surface area (Å²) < 4.78 is 25.8. The number of rotatable bonds is 4. The van der Waals surface area contributed by atoms with Crippen molar-refractivity contribution in [2.24, 2.45) is 0 Å². The SMILES string of the molecule is Cc1ccc(NC(=O)[C@@H]2CCCCN2)cc1S(=O)(=O)N(C)C. The molecule has 6 nitrogen and oxygen atoms in total. The van der Waals surface area contributed by atoms with E-state index in [1.54, 1.807) is 19.1 Å². The van der Waals surface area contributed by atoms with Crippen molar-refractivity contribution in [1.82, 2.24) is 9.62 Å². The van der Waals surface area contributed by atoms with E-state index in [0.717, 1.165) is 25.8 Å². The zero-order chi connectivity index (χ0) is 16.3. The van der Waals surface area contributed by atoms with Crippen molar-refractivity contribution >= 4 is 21.6 Å². The molecule has 0 unspecified atom stereocenters. The highest BCUT2D eigenvalue weighted by Crippen LogP contribution is 2.22. The molecule has 1 aliphatic heterocycles. The average Bonchev–Trinajstić information content (AvgIpc) is 2.49. The van der Waals surface area contributed by atoms with Gasteiger partial charge in [-0.2, -0.15) is 0 Å². The summed E-state index contributed by atoms with van der Waals surface area (Å²) in [5.74, 6) is -0.114. The molecule has 122 valence electrons. The third-order valence-corrected chi connectivity index (χ3v) is 5.80. The number of benzene rings is 1. The zero-order valence-corrected chi connectivity index (χ0v) is 14.0. The first kappa shape index (κ1) is 16.9. The number of carbonyl (C=O) groups is 1. The largest absolute Gasteiger partial charge is 0.325 e. The molecule has 1 atom stereocenters. The van der Waals surface area contributed by atoms with Crippen molar-refractivity contribution in [3.63, 3.8) is 0 Å². The quantitative estimate of drug-likeness (QED) is 0.875. The van der Waals surface area contributed by atoms with E-state index < -0.39 is 10.0 Å². The van der Waals surface area contributed by atoms with Crippen LogP contribution in [0.15, 0.2) is 23.1 Å². The van der Waals surface area contributed by atoms with Gasteiger partial charge in [0, 0.05) is 19.8 Å². The highest BCUT2D eigenvalue weighted by atomic mass is 32.2. The minimum Gasteiger partial charge on any atom is -0.325 e. The number of nitrogens with zero attached hydrogens (tertiary/aromatic N) is 1. The Kier molecular flexibility index (Phi) is 5.20. The second kappa shape index (κ2) is 6.76. The second-order valence-corrected chi connectivity index (χ2v) is 7.88. The summed E-state index contributed by atoms with van der Waals surface area (Å²) in [6.45, 7) is 2.58. The van der Waals surface area contributed by atoms with Gasteiger partial charge in [-0.25, -0.2) is 12.7 Å². The Morgan fingerprint density at radius 2 is 2.05 bits per heavy atom. The van der Waals surface area contributed by atoms with Crippen LogP contribution in [0.25, 0.3) is 0 Å². The molecule has 1 fully saturated rings. The van der Waals surface area contributed by atoms with E-state index in [9.17, 15) is 13.2 Å². The van der Waals surface area contributed by atoms with Crippen molar-refractivity contribution in [3.05, 3.63) is 23.8 Å². The van der Waals surface area contributed by atoms with Gasteiger partial charge in [0.15, 0.2) is 0 Å². The number of sulfonamides is 1. The smallest absolute Gasteiger partial charge is 0.242 e. The maximum atomic E-state index is 12.3. The van der Waals surface area contributed by atoms with E-state index in [2.05, 4.69) is 10.6 Å². The lowest BCUT2D eigenvalue weighted by atomic mass is 10.0. The van der Waals surface area contributed by atoms with Gasteiger partial charge in [0.1, 0.15) is 0 Å². The zero-order valence-electron chi connectivity index (χ0n) is 13.2. The molecule has 0 spiro atoms. The number of carbonyl (C=O) groups excluding carboxylic acids is 1. The van der Waals surface area contributed by atoms with E-state index in [1.807, 2.05) is 0 Å². The van der Waals surface area contributed by atoms with Crippen molar-refractivity contribution in [3.8, 4) is 0 Å². The van der Waals surface area contributed by atoms with Crippen LogP contribution in [0, 0.1) is 6.92 Å². The molecule has 0 radical (unpaired) electrons. The molecule has 1 aromatic carbocycles. The summed E-state index contributed by atoms with van der Waals surface area (Å²) in [7, 11) is -0.540. The van der Waals surface area contributed by atoms with Gasteiger partial charge in [-0.3, -0.25) is 4.79 Å². The Hall–Kier alpha value is -1.44. The summed E-state index contributed by atoms with van der Waals surface area (Å²) in [6, 6.07) is 4.75. The van der Waals surface area contributed by atoms with Crippen LogP contribution in [-0.2, 0) is 14.8 Å². The molecule has 1 amide bonds. The molecule has 1 aliphatic rings. The maximum Gasteiger partial charge on any atom is 0.242 e. The molecule has 2 rings (SSSR count). The van der Waals surface area contributed by atoms with E-state index in [-0.39, 0.29) is 16.8 Å². The lowest BCUT2D eigenvalue weighted by Crippen LogP contribution is -2.43. The van der Waals surface area contributed by atoms with Gasteiger partial charge in [-0.1, -0.05) is 12.5 Å². The number of nitrogens with one attached hydrogen (secondary N) is 2. The van der Waals surface area contributed by atoms with Gasteiger partial charge < -0.3 is 10.6 Å². The van der Waals surface area contributed by atoms with Crippen LogP contribution in [0.5, 0.6) is 0 Å². The Bertz CT molecular complexity index is 650. The Balaban J connectivity index is 2.21. The Morgan fingerprint density at radius 3 is 2.64 bits per heavy atom. The monoisotopic (exact) mass is 325 g/mol. The molecule has 1 heterocycles. The van der Waals surface area contributed by atoms with Crippen LogP contribution in [0.1, 0.15) is 24.8 Å². The predicted octanol–water partition coefficient (Wildman–Crippen LogP) is 1.33. The van der Waals surface area contributed by atoms with Gasteiger partial charge >= 0.3 is 0 Å². The molecular weight excluding hydrogens is 302 g/mol. The minimum atomic E-state index is -3.52. The summed E-state index contributed by atoms with van der Waals surface area (Å²) in [4.78, 5) is 12.4. The van der Waals surface area contributed by atoms with Gasteiger partial charge in [0.25, 0.3) is 0 Å². The molecule has 1 aromatic rings. The number of piperidine rings is 1. The van der Waals surface area contributed by atoms with E-state index in [4.69, 9.17) is 0 Å². The summed E-state index contributed by atoms with van der Waals surface area (Å²) in [5.41, 5.74) is 1.16. The van der Waals surface area contributed by atoms with Gasteiger partial charge in [0.2, 0.25) is 15.9 Å². The fourth-order valence-electron chi connectivity index (χ4n) is 2.46. The standard InChI is InChI=1S/C15H23N3O3S/c1-11-7-8-12(10-14(11)22(20,21)18(2)3)17-15(19)13-6-4-5-9-16-13/h7-8,10,13,16H,4-6,9H2,1-3H3,(H,17,19)/t13-/m0/s1. The third kappa shape index (κ3) is 3.66. The van der Waals surface area contributed by atoms with Crippen molar-refractivity contribution in [1.29, 1.82) is 0 Å². The normalized spacial score (nSPS) is 19.2. The highest BCUT2D eigenvalue weighted by Gasteiger charge is 2.23. The van der Waals surface area contributed by atoms with Crippen LogP contribution >= 0.6 is 0 Å². The second-order valence-electron chi connectivity index (χ2n) is 5.76. The summed E-state index contributed by atoms with van der Waals surface area (Å²) >= 11 is 0. The predicted molar refractivity (Wildman–Crippen MR) is 86.3 cm³/mol. The van der Waals surface area contributed by atoms with Crippen LogP contribution in [0.3, 0.4) is 0 Å². The van der Waals surface area contributed by atoms with Gasteiger partial charge in [-0.15, -0.1) is 0 Å². The highest BCUT2D eigenvalue weighted by molar-refractivity contribution is 7.89. The molecule has 0 saturated carbocycles. The number of anilines is 1. The number of amides is 1. The van der Waals surface area contributed by atoms with Crippen molar-refractivity contribution in [2.45, 2.75) is 37.1 Å². The average molecular weight is 325 g/mol. The third-order valence-electron chi connectivity index (χ3n) is 3.84. The first-order valence-electron chi connectivity index (χ1n) is 7.40. The molecule has 7 heteroatoms. The first-order valence-corrected chi connectivity index (χ1v) is 8.84. The van der Waals surface area contributed by atoms with Crippen LogP contribution in [0.4, 0.5) is 5.69 Å². The lowest BCUT2D eigenvalue weighted by Gasteiger charge is -2.23. The molecule has 0 bridgehead atoms. The number of hydrogen-bond donors (Lipinski definition) is 2. The summed E-state index contributed by atoms with van der Waals surface area (Å²) in [5, 5.41) is 5.98. The molecule has 2 N–H and O–H groups in total. The Labute approximate surface area is 131 Å². The molecule has 0 aliphatic carbocycles. The fraction of sp³-hybridized carbons (Fsp3) is 0.533. The minimum absolute atomic E-state index is 0.114. The van der Waals surface area contributed by atoms with E-state index in [0.29, 0.717) is 11.3 Å². The van der Waals surface area contributed by atoms with Crippen LogP contribution < -0.4 is 10.6 Å². The van der Waals surface area contributed by atoms with Crippen LogP contribution in [0.2, 0.25) is 0 Å². The van der Waals surface area contributed by atoms with E-state index in [1.165, 1.54) is 24.5 Å². The summed E-state index contributed by atoms with van der Waals surface area (Å²) in [6.07, 6.45) is 2.92. The topological polar surface area (TPSA) is 78.5 Å². The number of aryl methyl sites for hydroxylation is 1. The molecule has 1 saturated heterocycles. The number of hydrogen-bond acceptors (Lipinski definition) is 4. The van der Waals surface area contributed by atoms with Crippen molar-refractivity contribution in [2.75, 3.05) is 26.0 Å². The molecule has 22 heavy (non-hydrogen) atoms. The van der Waals surface area contributed by atoms with E-state index >= 15 is 0 Å². The van der Waals surface area contributed by atoms with Gasteiger partial charge in [-0.05, 0) is 44.0 Å². The fourth-order valence-corrected chi connectivity index (χ4v) is 3.60. The Morgan fingerprint density at radius 1 is 1.32 bits per heavy atom. The molecule has 0 aromatic heterocycles.